The number of primary amides is 1. The normalized spacial score (nSPS) is 18.9. The summed E-state index contributed by atoms with van der Waals surface area (Å²) >= 11 is 0. The maximum absolute atomic E-state index is 13.4. The van der Waals surface area contributed by atoms with Gasteiger partial charge in [-0.1, -0.05) is 6.07 Å². The Morgan fingerprint density at radius 1 is 1.42 bits per heavy atom. The van der Waals surface area contributed by atoms with Crippen LogP contribution in [0.1, 0.15) is 12.0 Å². The van der Waals surface area contributed by atoms with Gasteiger partial charge in [0.1, 0.15) is 11.6 Å². The van der Waals surface area contributed by atoms with Crippen LogP contribution in [0.4, 0.5) is 8.78 Å². The number of carbonyl (C=O) groups is 2. The van der Waals surface area contributed by atoms with Crippen LogP contribution in [0, 0.1) is 17.6 Å². The first kappa shape index (κ1) is 13.5. The number of carbonyl (C=O) groups excluding carboxylic acids is 2. The van der Waals surface area contributed by atoms with Gasteiger partial charge in [0.25, 0.3) is 0 Å². The molecule has 2 N–H and O–H groups in total. The third-order valence-electron chi connectivity index (χ3n) is 3.28. The van der Waals surface area contributed by atoms with Crippen molar-refractivity contribution < 1.29 is 18.4 Å². The van der Waals surface area contributed by atoms with Crippen molar-refractivity contribution in [2.45, 2.75) is 12.8 Å². The molecule has 0 radical (unpaired) electrons. The number of amides is 2. The molecule has 1 atom stereocenters. The van der Waals surface area contributed by atoms with Crippen LogP contribution < -0.4 is 5.73 Å². The standard InChI is InChI=1S/C13H14F2N2O2/c14-10-2-1-8(11(15)6-10)3-4-17-7-9(13(16)19)5-12(17)18/h1-2,6,9H,3-5,7H2,(H2,16,19). The molecule has 4 nitrogen and oxygen atoms in total. The van der Waals surface area contributed by atoms with Gasteiger partial charge < -0.3 is 10.6 Å². The summed E-state index contributed by atoms with van der Waals surface area (Å²) < 4.78 is 26.1. The van der Waals surface area contributed by atoms with Crippen LogP contribution in [0.15, 0.2) is 18.2 Å². The second-order valence-electron chi connectivity index (χ2n) is 4.63. The van der Waals surface area contributed by atoms with Crippen molar-refractivity contribution in [3.8, 4) is 0 Å². The fraction of sp³-hybridized carbons (Fsp3) is 0.385. The first-order chi connectivity index (χ1) is 8.97. The Bertz CT molecular complexity index is 519. The van der Waals surface area contributed by atoms with E-state index in [4.69, 9.17) is 5.73 Å². The summed E-state index contributed by atoms with van der Waals surface area (Å²) in [5, 5.41) is 0. The predicted molar refractivity (Wildman–Crippen MR) is 63.9 cm³/mol. The molecule has 1 saturated heterocycles. The number of benzene rings is 1. The average Bonchev–Trinajstić information content (AvgIpc) is 2.70. The highest BCUT2D eigenvalue weighted by atomic mass is 19.1. The van der Waals surface area contributed by atoms with Crippen molar-refractivity contribution in [3.63, 3.8) is 0 Å². The van der Waals surface area contributed by atoms with Crippen molar-refractivity contribution in [2.75, 3.05) is 13.1 Å². The van der Waals surface area contributed by atoms with Gasteiger partial charge in [-0.15, -0.1) is 0 Å². The van der Waals surface area contributed by atoms with Crippen molar-refractivity contribution in [2.24, 2.45) is 11.7 Å². The number of halogens is 2. The van der Waals surface area contributed by atoms with E-state index < -0.39 is 23.5 Å². The minimum Gasteiger partial charge on any atom is -0.369 e. The van der Waals surface area contributed by atoms with Gasteiger partial charge in [0, 0.05) is 25.6 Å². The molecule has 0 aromatic heterocycles. The summed E-state index contributed by atoms with van der Waals surface area (Å²) in [6.07, 6.45) is 0.393. The van der Waals surface area contributed by atoms with Crippen molar-refractivity contribution in [3.05, 3.63) is 35.4 Å². The third kappa shape index (κ3) is 3.07. The van der Waals surface area contributed by atoms with Gasteiger partial charge >= 0.3 is 0 Å². The van der Waals surface area contributed by atoms with E-state index in [-0.39, 0.29) is 25.3 Å². The van der Waals surface area contributed by atoms with E-state index in [1.165, 1.54) is 17.0 Å². The number of hydrogen-bond donors (Lipinski definition) is 1. The Kier molecular flexibility index (Phi) is 3.78. The number of nitrogens with zero attached hydrogens (tertiary/aromatic N) is 1. The number of hydrogen-bond acceptors (Lipinski definition) is 2. The molecular formula is C13H14F2N2O2. The van der Waals surface area contributed by atoms with E-state index in [0.29, 0.717) is 12.1 Å². The monoisotopic (exact) mass is 268 g/mol. The van der Waals surface area contributed by atoms with Gasteiger partial charge in [-0.05, 0) is 18.1 Å². The van der Waals surface area contributed by atoms with Crippen LogP contribution in [0.25, 0.3) is 0 Å². The lowest BCUT2D eigenvalue weighted by Crippen LogP contribution is -2.30. The number of rotatable bonds is 4. The van der Waals surface area contributed by atoms with Crippen molar-refractivity contribution in [1.29, 1.82) is 0 Å². The first-order valence-electron chi connectivity index (χ1n) is 5.98. The van der Waals surface area contributed by atoms with Crippen LogP contribution in [0.5, 0.6) is 0 Å². The molecule has 1 aliphatic heterocycles. The minimum absolute atomic E-state index is 0.112. The fourth-order valence-corrected chi connectivity index (χ4v) is 2.16. The molecule has 2 rings (SSSR count). The quantitative estimate of drug-likeness (QED) is 0.879. The van der Waals surface area contributed by atoms with E-state index in [1.54, 1.807) is 0 Å². The van der Waals surface area contributed by atoms with E-state index >= 15 is 0 Å². The van der Waals surface area contributed by atoms with Gasteiger partial charge in [0.2, 0.25) is 11.8 Å². The van der Waals surface area contributed by atoms with Gasteiger partial charge in [-0.25, -0.2) is 8.78 Å². The zero-order valence-corrected chi connectivity index (χ0v) is 10.2. The molecule has 102 valence electrons. The summed E-state index contributed by atoms with van der Waals surface area (Å²) in [5.41, 5.74) is 5.49. The van der Waals surface area contributed by atoms with Crippen LogP contribution in [0.2, 0.25) is 0 Å². The minimum atomic E-state index is -0.632. The molecule has 0 spiro atoms. The molecule has 1 aromatic rings. The summed E-state index contributed by atoms with van der Waals surface area (Å²) in [6, 6.07) is 3.35. The second-order valence-corrected chi connectivity index (χ2v) is 4.63. The molecule has 2 amide bonds. The predicted octanol–water partition coefficient (Wildman–Crippen LogP) is 0.841. The zero-order chi connectivity index (χ0) is 14.0. The average molecular weight is 268 g/mol. The summed E-state index contributed by atoms with van der Waals surface area (Å²) in [7, 11) is 0. The zero-order valence-electron chi connectivity index (χ0n) is 10.2. The molecule has 1 heterocycles. The molecule has 1 fully saturated rings. The smallest absolute Gasteiger partial charge is 0.223 e. The number of nitrogens with two attached hydrogens (primary N) is 1. The molecule has 6 heteroatoms. The van der Waals surface area contributed by atoms with Gasteiger partial charge in [-0.2, -0.15) is 0 Å². The Hall–Kier alpha value is -1.98. The van der Waals surface area contributed by atoms with Crippen LogP contribution in [-0.4, -0.2) is 29.8 Å². The fourth-order valence-electron chi connectivity index (χ4n) is 2.16. The topological polar surface area (TPSA) is 63.4 Å². The Morgan fingerprint density at radius 2 is 2.16 bits per heavy atom. The van der Waals surface area contributed by atoms with Crippen molar-refractivity contribution in [1.82, 2.24) is 4.90 Å². The van der Waals surface area contributed by atoms with Crippen LogP contribution >= 0.6 is 0 Å². The maximum Gasteiger partial charge on any atom is 0.223 e. The maximum atomic E-state index is 13.4. The Balaban J connectivity index is 1.96. The molecule has 0 bridgehead atoms. The van der Waals surface area contributed by atoms with Gasteiger partial charge in [-0.3, -0.25) is 9.59 Å². The molecule has 1 unspecified atom stereocenters. The highest BCUT2D eigenvalue weighted by molar-refractivity contribution is 5.88. The summed E-state index contributed by atoms with van der Waals surface area (Å²) in [4.78, 5) is 24.1. The molecule has 0 saturated carbocycles. The van der Waals surface area contributed by atoms with Gasteiger partial charge in [0.15, 0.2) is 0 Å². The van der Waals surface area contributed by atoms with Gasteiger partial charge in [0.05, 0.1) is 5.92 Å². The summed E-state index contributed by atoms with van der Waals surface area (Å²) in [5.74, 6) is -2.38. The van der Waals surface area contributed by atoms with E-state index in [2.05, 4.69) is 0 Å². The molecule has 19 heavy (non-hydrogen) atoms. The van der Waals surface area contributed by atoms with E-state index in [9.17, 15) is 18.4 Å². The molecule has 1 aromatic carbocycles. The van der Waals surface area contributed by atoms with E-state index in [0.717, 1.165) is 6.07 Å². The first-order valence-corrected chi connectivity index (χ1v) is 5.98. The number of likely N-dealkylation sites (tertiary alicyclic amines) is 1. The highest BCUT2D eigenvalue weighted by Gasteiger charge is 2.32. The summed E-state index contributed by atoms with van der Waals surface area (Å²) in [6.45, 7) is 0.572. The lowest BCUT2D eigenvalue weighted by Gasteiger charge is -2.16. The largest absolute Gasteiger partial charge is 0.369 e. The lowest BCUT2D eigenvalue weighted by molar-refractivity contribution is -0.128. The molecule has 1 aliphatic rings. The molecule has 0 aliphatic carbocycles. The van der Waals surface area contributed by atoms with Crippen LogP contribution in [0.3, 0.4) is 0 Å². The SMILES string of the molecule is NC(=O)C1CC(=O)N(CCc2ccc(F)cc2F)C1. The highest BCUT2D eigenvalue weighted by Crippen LogP contribution is 2.18. The Morgan fingerprint density at radius 3 is 2.74 bits per heavy atom. The van der Waals surface area contributed by atoms with Crippen molar-refractivity contribution >= 4 is 11.8 Å². The molecular weight excluding hydrogens is 254 g/mol. The van der Waals surface area contributed by atoms with Crippen LogP contribution in [-0.2, 0) is 16.0 Å². The lowest BCUT2D eigenvalue weighted by atomic mass is 10.1. The Labute approximate surface area is 109 Å². The third-order valence-corrected chi connectivity index (χ3v) is 3.28. The second kappa shape index (κ2) is 5.34. The van der Waals surface area contributed by atoms with E-state index in [1.807, 2.05) is 0 Å².